The number of nitrogens with one attached hydrogen (secondary N) is 2. The highest BCUT2D eigenvalue weighted by Crippen LogP contribution is 2.12. The molecule has 5 heteroatoms. The van der Waals surface area contributed by atoms with Gasteiger partial charge in [0.25, 0.3) is 0 Å². The number of rotatable bonds is 8. The molecule has 0 spiro atoms. The molecule has 2 N–H and O–H groups in total. The minimum absolute atomic E-state index is 0.450. The first-order valence-corrected chi connectivity index (χ1v) is 6.59. The maximum Gasteiger partial charge on any atom is 0.158 e. The fraction of sp³-hybridized carbons (Fsp3) is 0.692. The summed E-state index contributed by atoms with van der Waals surface area (Å²) in [6, 6.07) is 1.93. The van der Waals surface area contributed by atoms with E-state index in [9.17, 15) is 0 Å². The summed E-state index contributed by atoms with van der Waals surface area (Å²) in [7, 11) is 0. The molecule has 0 fully saturated rings. The van der Waals surface area contributed by atoms with Gasteiger partial charge in [-0.3, -0.25) is 0 Å². The van der Waals surface area contributed by atoms with Crippen LogP contribution in [0.25, 0.3) is 0 Å². The van der Waals surface area contributed by atoms with E-state index in [0.29, 0.717) is 25.0 Å². The quantitative estimate of drug-likeness (QED) is 0.744. The van der Waals surface area contributed by atoms with Crippen LogP contribution in [-0.4, -0.2) is 29.7 Å². The zero-order chi connectivity index (χ0) is 13.4. The molecule has 0 saturated carbocycles. The molecule has 0 atom stereocenters. The van der Waals surface area contributed by atoms with Crippen LogP contribution in [0.3, 0.4) is 0 Å². The molecule has 0 aliphatic rings. The largest absolute Gasteiger partial charge is 0.374 e. The van der Waals surface area contributed by atoms with Crippen LogP contribution >= 0.6 is 0 Å². The highest BCUT2D eigenvalue weighted by Gasteiger charge is 2.05. The number of aromatic nitrogens is 2. The van der Waals surface area contributed by atoms with E-state index in [0.717, 1.165) is 24.7 Å². The topological polar surface area (TPSA) is 59.1 Å². The number of ether oxygens (including phenoxy) is 1. The normalized spacial score (nSPS) is 10.7. The van der Waals surface area contributed by atoms with Gasteiger partial charge in [-0.15, -0.1) is 0 Å². The van der Waals surface area contributed by atoms with Gasteiger partial charge in [0.15, 0.2) is 5.82 Å². The van der Waals surface area contributed by atoms with Crippen molar-refractivity contribution in [2.75, 3.05) is 30.3 Å². The van der Waals surface area contributed by atoms with E-state index >= 15 is 0 Å². The van der Waals surface area contributed by atoms with E-state index in [-0.39, 0.29) is 0 Å². The second kappa shape index (κ2) is 7.87. The van der Waals surface area contributed by atoms with E-state index in [1.54, 1.807) is 0 Å². The van der Waals surface area contributed by atoms with E-state index < -0.39 is 0 Å². The Morgan fingerprint density at radius 3 is 2.39 bits per heavy atom. The maximum absolute atomic E-state index is 5.35. The fourth-order valence-electron chi connectivity index (χ4n) is 1.43. The van der Waals surface area contributed by atoms with Crippen molar-refractivity contribution in [3.63, 3.8) is 0 Å². The summed E-state index contributed by atoms with van der Waals surface area (Å²) in [5, 5.41) is 6.52. The third kappa shape index (κ3) is 5.31. The molecule has 0 aliphatic heterocycles. The number of hydrogen-bond acceptors (Lipinski definition) is 5. The summed E-state index contributed by atoms with van der Waals surface area (Å²) in [5.74, 6) is 2.98. The van der Waals surface area contributed by atoms with Crippen LogP contribution in [0.5, 0.6) is 0 Å². The molecule has 1 aromatic heterocycles. The maximum atomic E-state index is 5.35. The van der Waals surface area contributed by atoms with Crippen LogP contribution in [0.15, 0.2) is 6.07 Å². The Kier molecular flexibility index (Phi) is 6.43. The molecule has 1 aromatic rings. The molecule has 0 bridgehead atoms. The van der Waals surface area contributed by atoms with Crippen molar-refractivity contribution in [3.05, 3.63) is 11.9 Å². The second-order valence-electron chi connectivity index (χ2n) is 4.50. The average molecular weight is 252 g/mol. The summed E-state index contributed by atoms with van der Waals surface area (Å²) in [6.07, 6.45) is 0. The van der Waals surface area contributed by atoms with E-state index in [4.69, 9.17) is 4.74 Å². The van der Waals surface area contributed by atoms with Crippen LogP contribution in [0.4, 0.5) is 11.6 Å². The first-order chi connectivity index (χ1) is 8.65. The molecule has 0 amide bonds. The van der Waals surface area contributed by atoms with Crippen LogP contribution in [0.2, 0.25) is 0 Å². The fourth-order valence-corrected chi connectivity index (χ4v) is 1.43. The Morgan fingerprint density at radius 1 is 1.17 bits per heavy atom. The molecule has 0 radical (unpaired) electrons. The van der Waals surface area contributed by atoms with Gasteiger partial charge in [0.1, 0.15) is 18.2 Å². The summed E-state index contributed by atoms with van der Waals surface area (Å²) >= 11 is 0. The van der Waals surface area contributed by atoms with E-state index in [2.05, 4.69) is 34.4 Å². The standard InChI is InChI=1S/C13H24N4O/c1-5-14-11-7-12(15-8-10(3)4)17-13(16-11)9-18-6-2/h7,10H,5-6,8-9H2,1-4H3,(H2,14,15,16,17). The summed E-state index contributed by atoms with van der Waals surface area (Å²) in [5.41, 5.74) is 0. The third-order valence-corrected chi connectivity index (χ3v) is 2.26. The van der Waals surface area contributed by atoms with E-state index in [1.165, 1.54) is 0 Å². The zero-order valence-electron chi connectivity index (χ0n) is 11.8. The van der Waals surface area contributed by atoms with Gasteiger partial charge in [-0.2, -0.15) is 0 Å². The summed E-state index contributed by atoms with van der Waals surface area (Å²) in [4.78, 5) is 8.84. The molecule has 5 nitrogen and oxygen atoms in total. The Balaban J connectivity index is 2.76. The first-order valence-electron chi connectivity index (χ1n) is 6.59. The number of anilines is 2. The molecule has 0 aliphatic carbocycles. The molecule has 0 saturated heterocycles. The predicted molar refractivity (Wildman–Crippen MR) is 74.9 cm³/mol. The van der Waals surface area contributed by atoms with Gasteiger partial charge in [0, 0.05) is 25.8 Å². The monoisotopic (exact) mass is 252 g/mol. The van der Waals surface area contributed by atoms with Gasteiger partial charge in [0.2, 0.25) is 0 Å². The smallest absolute Gasteiger partial charge is 0.158 e. The summed E-state index contributed by atoms with van der Waals surface area (Å²) in [6.45, 7) is 11.2. The lowest BCUT2D eigenvalue weighted by Crippen LogP contribution is -2.12. The highest BCUT2D eigenvalue weighted by molar-refractivity contribution is 5.47. The van der Waals surface area contributed by atoms with Crippen LogP contribution in [0.1, 0.15) is 33.5 Å². The molecule has 0 aromatic carbocycles. The molecular weight excluding hydrogens is 228 g/mol. The third-order valence-electron chi connectivity index (χ3n) is 2.26. The molecular formula is C13H24N4O. The van der Waals surface area contributed by atoms with Gasteiger partial charge in [-0.1, -0.05) is 13.8 Å². The SMILES string of the molecule is CCNc1cc(NCC(C)C)nc(COCC)n1. The van der Waals surface area contributed by atoms with Crippen molar-refractivity contribution in [3.8, 4) is 0 Å². The number of hydrogen-bond donors (Lipinski definition) is 2. The Labute approximate surface area is 109 Å². The Bertz CT molecular complexity index is 355. The van der Waals surface area contributed by atoms with Crippen LogP contribution < -0.4 is 10.6 Å². The van der Waals surface area contributed by atoms with Crippen LogP contribution in [-0.2, 0) is 11.3 Å². The highest BCUT2D eigenvalue weighted by atomic mass is 16.5. The molecule has 1 rings (SSSR count). The summed E-state index contributed by atoms with van der Waals surface area (Å²) < 4.78 is 5.35. The lowest BCUT2D eigenvalue weighted by atomic mass is 10.2. The van der Waals surface area contributed by atoms with Gasteiger partial charge in [0.05, 0.1) is 0 Å². The van der Waals surface area contributed by atoms with Crippen molar-refractivity contribution < 1.29 is 4.74 Å². The Morgan fingerprint density at radius 2 is 1.83 bits per heavy atom. The van der Waals surface area contributed by atoms with Crippen molar-refractivity contribution in [2.45, 2.75) is 34.3 Å². The first kappa shape index (κ1) is 14.7. The van der Waals surface area contributed by atoms with Crippen molar-refractivity contribution in [1.82, 2.24) is 9.97 Å². The van der Waals surface area contributed by atoms with Crippen LogP contribution in [0, 0.1) is 5.92 Å². The molecule has 18 heavy (non-hydrogen) atoms. The van der Waals surface area contributed by atoms with Gasteiger partial charge in [-0.25, -0.2) is 9.97 Å². The van der Waals surface area contributed by atoms with Gasteiger partial charge >= 0.3 is 0 Å². The van der Waals surface area contributed by atoms with Crippen molar-refractivity contribution in [1.29, 1.82) is 0 Å². The lowest BCUT2D eigenvalue weighted by Gasteiger charge is -2.12. The predicted octanol–water partition coefficient (Wildman–Crippen LogP) is 2.51. The Hall–Kier alpha value is -1.36. The van der Waals surface area contributed by atoms with E-state index in [1.807, 2.05) is 19.9 Å². The molecule has 102 valence electrons. The minimum Gasteiger partial charge on any atom is -0.374 e. The minimum atomic E-state index is 0.450. The number of nitrogens with zero attached hydrogens (tertiary/aromatic N) is 2. The molecule has 0 unspecified atom stereocenters. The average Bonchev–Trinajstić information content (AvgIpc) is 2.34. The van der Waals surface area contributed by atoms with Crippen molar-refractivity contribution >= 4 is 11.6 Å². The van der Waals surface area contributed by atoms with Crippen molar-refractivity contribution in [2.24, 2.45) is 5.92 Å². The second-order valence-corrected chi connectivity index (χ2v) is 4.50. The van der Waals surface area contributed by atoms with Gasteiger partial charge in [-0.05, 0) is 19.8 Å². The lowest BCUT2D eigenvalue weighted by molar-refractivity contribution is 0.128. The molecule has 1 heterocycles. The zero-order valence-corrected chi connectivity index (χ0v) is 11.8. The van der Waals surface area contributed by atoms with Gasteiger partial charge < -0.3 is 15.4 Å².